The van der Waals surface area contributed by atoms with E-state index in [0.717, 1.165) is 17.7 Å². The van der Waals surface area contributed by atoms with Crippen molar-refractivity contribution < 1.29 is 9.32 Å². The third-order valence-electron chi connectivity index (χ3n) is 4.86. The molecule has 5 nitrogen and oxygen atoms in total. The number of benzene rings is 1. The Balaban J connectivity index is 1.65. The lowest BCUT2D eigenvalue weighted by atomic mass is 9.91. The lowest BCUT2D eigenvalue weighted by Crippen LogP contribution is -2.42. The molecule has 0 saturated carbocycles. The van der Waals surface area contributed by atoms with Crippen LogP contribution in [-0.4, -0.2) is 29.2 Å². The molecular formula is C20H25N3O2. The predicted octanol–water partition coefficient (Wildman–Crippen LogP) is 4.56. The second-order valence-corrected chi connectivity index (χ2v) is 6.87. The second kappa shape index (κ2) is 7.13. The smallest absolute Gasteiger partial charge is 0.323 e. The molecule has 2 aromatic rings. The fraction of sp³-hybridized carbons (Fsp3) is 0.400. The molecule has 3 rings (SSSR count). The Morgan fingerprint density at radius 1 is 1.36 bits per heavy atom. The molecule has 1 aromatic heterocycles. The molecular weight excluding hydrogens is 314 g/mol. The number of rotatable bonds is 2. The highest BCUT2D eigenvalue weighted by molar-refractivity contribution is 5.89. The van der Waals surface area contributed by atoms with Crippen LogP contribution >= 0.6 is 0 Å². The minimum absolute atomic E-state index is 0.113. The van der Waals surface area contributed by atoms with Crippen LogP contribution < -0.4 is 5.32 Å². The predicted molar refractivity (Wildman–Crippen MR) is 99.5 cm³/mol. The Kier molecular flexibility index (Phi) is 4.93. The summed E-state index contributed by atoms with van der Waals surface area (Å²) < 4.78 is 5.11. The standard InChI is InChI=1S/C20H25N3O2/c1-13-6-5-7-17(10-13)11-18-8-9-23(12-14(18)2)20(24)21-19-15(3)16(4)25-22-19/h5-7,10-11,14H,8-9,12H2,1-4H3,(H,21,22,24). The Bertz CT molecular complexity index is 807. The van der Waals surface area contributed by atoms with Crippen molar-refractivity contribution in [3.63, 3.8) is 0 Å². The van der Waals surface area contributed by atoms with Crippen molar-refractivity contribution in [2.75, 3.05) is 18.4 Å². The number of hydrogen-bond acceptors (Lipinski definition) is 3. The highest BCUT2D eigenvalue weighted by atomic mass is 16.5. The molecule has 5 heteroatoms. The molecule has 1 fully saturated rings. The van der Waals surface area contributed by atoms with Crippen molar-refractivity contribution in [3.8, 4) is 0 Å². The van der Waals surface area contributed by atoms with Crippen LogP contribution in [0.3, 0.4) is 0 Å². The van der Waals surface area contributed by atoms with Crippen molar-refractivity contribution in [1.82, 2.24) is 10.1 Å². The molecule has 1 atom stereocenters. The maximum atomic E-state index is 12.5. The van der Waals surface area contributed by atoms with Crippen LogP contribution in [0.4, 0.5) is 10.6 Å². The van der Waals surface area contributed by atoms with Crippen molar-refractivity contribution in [2.45, 2.75) is 34.1 Å². The first-order chi connectivity index (χ1) is 11.9. The van der Waals surface area contributed by atoms with E-state index < -0.39 is 0 Å². The summed E-state index contributed by atoms with van der Waals surface area (Å²) in [5.74, 6) is 1.57. The highest BCUT2D eigenvalue weighted by Crippen LogP contribution is 2.26. The van der Waals surface area contributed by atoms with Gasteiger partial charge in [0.15, 0.2) is 5.82 Å². The van der Waals surface area contributed by atoms with Gasteiger partial charge in [-0.25, -0.2) is 4.79 Å². The number of anilines is 1. The van der Waals surface area contributed by atoms with Crippen LogP contribution in [0, 0.1) is 26.7 Å². The third-order valence-corrected chi connectivity index (χ3v) is 4.86. The molecule has 1 N–H and O–H groups in total. The molecule has 0 bridgehead atoms. The van der Waals surface area contributed by atoms with Gasteiger partial charge in [0.25, 0.3) is 0 Å². The van der Waals surface area contributed by atoms with Gasteiger partial charge in [-0.15, -0.1) is 0 Å². The maximum absolute atomic E-state index is 12.5. The number of urea groups is 1. The largest absolute Gasteiger partial charge is 0.359 e. The summed E-state index contributed by atoms with van der Waals surface area (Å²) >= 11 is 0. The van der Waals surface area contributed by atoms with Crippen molar-refractivity contribution in [3.05, 3.63) is 52.3 Å². The Hall–Kier alpha value is -2.56. The average Bonchev–Trinajstić information content (AvgIpc) is 2.89. The van der Waals surface area contributed by atoms with Crippen molar-refractivity contribution in [2.24, 2.45) is 5.92 Å². The minimum Gasteiger partial charge on any atom is -0.359 e. The van der Waals surface area contributed by atoms with Crippen LogP contribution in [0.5, 0.6) is 0 Å². The monoisotopic (exact) mass is 339 g/mol. The van der Waals surface area contributed by atoms with E-state index in [9.17, 15) is 4.79 Å². The number of amides is 2. The van der Waals surface area contributed by atoms with Crippen LogP contribution in [0.1, 0.15) is 35.8 Å². The molecule has 1 aliphatic rings. The fourth-order valence-electron chi connectivity index (χ4n) is 3.14. The first-order valence-corrected chi connectivity index (χ1v) is 8.70. The number of carbonyl (C=O) groups excluding carboxylic acids is 1. The summed E-state index contributed by atoms with van der Waals surface area (Å²) in [7, 11) is 0. The Morgan fingerprint density at radius 2 is 2.16 bits per heavy atom. The quantitative estimate of drug-likeness (QED) is 0.873. The number of carbonyl (C=O) groups is 1. The van der Waals surface area contributed by atoms with E-state index in [1.54, 1.807) is 0 Å². The zero-order valence-electron chi connectivity index (χ0n) is 15.3. The average molecular weight is 339 g/mol. The molecule has 2 amide bonds. The third kappa shape index (κ3) is 3.92. The zero-order chi connectivity index (χ0) is 18.0. The van der Waals surface area contributed by atoms with Crippen LogP contribution in [0.2, 0.25) is 0 Å². The number of hydrogen-bond donors (Lipinski definition) is 1. The van der Waals surface area contributed by atoms with Crippen molar-refractivity contribution in [1.29, 1.82) is 0 Å². The van der Waals surface area contributed by atoms with Gasteiger partial charge in [0.05, 0.1) is 0 Å². The SMILES string of the molecule is Cc1cccc(C=C2CCN(C(=O)Nc3noc(C)c3C)CC2C)c1. The lowest BCUT2D eigenvalue weighted by molar-refractivity contribution is 0.197. The summed E-state index contributed by atoms with van der Waals surface area (Å²) in [6, 6.07) is 8.39. The van der Waals surface area contributed by atoms with E-state index in [-0.39, 0.29) is 6.03 Å². The van der Waals surface area contributed by atoms with E-state index in [2.05, 4.69) is 54.7 Å². The zero-order valence-corrected chi connectivity index (χ0v) is 15.3. The second-order valence-electron chi connectivity index (χ2n) is 6.87. The normalized spacial score (nSPS) is 19.3. The first kappa shape index (κ1) is 17.3. The molecule has 1 aromatic carbocycles. The van der Waals surface area contributed by atoms with E-state index in [1.165, 1.54) is 16.7 Å². The summed E-state index contributed by atoms with van der Waals surface area (Å²) in [4.78, 5) is 14.3. The fourth-order valence-corrected chi connectivity index (χ4v) is 3.14. The first-order valence-electron chi connectivity index (χ1n) is 8.70. The molecule has 1 aliphatic heterocycles. The molecule has 0 spiro atoms. The van der Waals surface area contributed by atoms with Gasteiger partial charge in [-0.3, -0.25) is 5.32 Å². The summed E-state index contributed by atoms with van der Waals surface area (Å²) in [5, 5.41) is 6.76. The topological polar surface area (TPSA) is 58.4 Å². The van der Waals surface area contributed by atoms with E-state index in [4.69, 9.17) is 4.52 Å². The summed E-state index contributed by atoms with van der Waals surface area (Å²) in [6.45, 7) is 9.42. The van der Waals surface area contributed by atoms with E-state index in [1.807, 2.05) is 18.7 Å². The molecule has 1 saturated heterocycles. The van der Waals surface area contributed by atoms with Gasteiger partial charge in [-0.1, -0.05) is 53.6 Å². The number of likely N-dealkylation sites (tertiary alicyclic amines) is 1. The molecule has 132 valence electrons. The number of piperidine rings is 1. The van der Waals surface area contributed by atoms with Crippen LogP contribution in [-0.2, 0) is 0 Å². The van der Waals surface area contributed by atoms with Crippen LogP contribution in [0.25, 0.3) is 6.08 Å². The van der Waals surface area contributed by atoms with Gasteiger partial charge < -0.3 is 9.42 Å². The molecule has 1 unspecified atom stereocenters. The summed E-state index contributed by atoms with van der Waals surface area (Å²) in [6.07, 6.45) is 3.15. The Morgan fingerprint density at radius 3 is 2.80 bits per heavy atom. The van der Waals surface area contributed by atoms with Gasteiger partial charge >= 0.3 is 6.03 Å². The van der Waals surface area contributed by atoms with Gasteiger partial charge in [-0.2, -0.15) is 0 Å². The maximum Gasteiger partial charge on any atom is 0.323 e. The molecule has 2 heterocycles. The van der Waals surface area contributed by atoms with Gasteiger partial charge in [-0.05, 0) is 38.7 Å². The minimum atomic E-state index is -0.113. The van der Waals surface area contributed by atoms with Gasteiger partial charge in [0, 0.05) is 18.7 Å². The number of nitrogens with zero attached hydrogens (tertiary/aromatic N) is 2. The van der Waals surface area contributed by atoms with Crippen molar-refractivity contribution >= 4 is 17.9 Å². The number of aryl methyl sites for hydroxylation is 2. The van der Waals surface area contributed by atoms with Crippen LogP contribution in [0.15, 0.2) is 34.4 Å². The molecule has 25 heavy (non-hydrogen) atoms. The van der Waals surface area contributed by atoms with Gasteiger partial charge in [0.1, 0.15) is 5.76 Å². The van der Waals surface area contributed by atoms with Gasteiger partial charge in [0.2, 0.25) is 0 Å². The number of aromatic nitrogens is 1. The highest BCUT2D eigenvalue weighted by Gasteiger charge is 2.25. The molecule has 0 aliphatic carbocycles. The lowest BCUT2D eigenvalue weighted by Gasteiger charge is -2.33. The Labute approximate surface area is 148 Å². The number of nitrogens with one attached hydrogen (secondary N) is 1. The van der Waals surface area contributed by atoms with E-state index >= 15 is 0 Å². The molecule has 0 radical (unpaired) electrons. The summed E-state index contributed by atoms with van der Waals surface area (Å²) in [5.41, 5.74) is 4.76. The van der Waals surface area contributed by atoms with E-state index in [0.29, 0.717) is 24.8 Å².